The summed E-state index contributed by atoms with van der Waals surface area (Å²) in [6.07, 6.45) is 22.3. The van der Waals surface area contributed by atoms with E-state index in [-0.39, 0.29) is 0 Å². The van der Waals surface area contributed by atoms with Crippen LogP contribution in [0.3, 0.4) is 0 Å². The van der Waals surface area contributed by atoms with Gasteiger partial charge in [-0.15, -0.1) is 0 Å². The fraction of sp³-hybridized carbons (Fsp3) is 0.722. The molecule has 0 fully saturated rings. The van der Waals surface area contributed by atoms with Crippen LogP contribution in [0.15, 0.2) is 24.3 Å². The second-order valence-corrected chi connectivity index (χ2v) is 5.41. The van der Waals surface area contributed by atoms with Crippen LogP contribution in [0.2, 0.25) is 0 Å². The molecule has 0 aromatic rings. The SMILES string of the molecule is CCCCCCC/C=C/C=C/CCCCCCC(=O)O. The fourth-order valence-electron chi connectivity index (χ4n) is 2.11. The van der Waals surface area contributed by atoms with Gasteiger partial charge in [0, 0.05) is 6.42 Å². The highest BCUT2D eigenvalue weighted by molar-refractivity contribution is 5.66. The maximum Gasteiger partial charge on any atom is 0.303 e. The lowest BCUT2D eigenvalue weighted by atomic mass is 10.1. The van der Waals surface area contributed by atoms with Crippen LogP contribution in [-0.4, -0.2) is 11.1 Å². The van der Waals surface area contributed by atoms with E-state index in [0.717, 1.165) is 25.7 Å². The molecule has 2 heteroatoms. The van der Waals surface area contributed by atoms with Gasteiger partial charge in [0.2, 0.25) is 0 Å². The molecule has 0 spiro atoms. The minimum atomic E-state index is -0.676. The minimum Gasteiger partial charge on any atom is -0.481 e. The van der Waals surface area contributed by atoms with Crippen molar-refractivity contribution in [1.29, 1.82) is 0 Å². The zero-order chi connectivity index (χ0) is 14.9. The third-order valence-corrected chi connectivity index (χ3v) is 3.37. The molecule has 0 radical (unpaired) electrons. The first-order chi connectivity index (χ1) is 9.77. The molecule has 0 aromatic carbocycles. The average Bonchev–Trinajstić information content (AvgIpc) is 2.43. The predicted molar refractivity (Wildman–Crippen MR) is 87.0 cm³/mol. The van der Waals surface area contributed by atoms with E-state index in [1.54, 1.807) is 0 Å². The van der Waals surface area contributed by atoms with E-state index in [0.29, 0.717) is 6.42 Å². The van der Waals surface area contributed by atoms with Crippen LogP contribution in [0, 0.1) is 0 Å². The molecule has 0 heterocycles. The summed E-state index contributed by atoms with van der Waals surface area (Å²) in [5.41, 5.74) is 0. The zero-order valence-corrected chi connectivity index (χ0v) is 13.2. The van der Waals surface area contributed by atoms with Gasteiger partial charge >= 0.3 is 5.97 Å². The number of allylic oxidation sites excluding steroid dienone is 4. The van der Waals surface area contributed by atoms with Crippen LogP contribution in [-0.2, 0) is 4.79 Å². The van der Waals surface area contributed by atoms with Crippen LogP contribution >= 0.6 is 0 Å². The van der Waals surface area contributed by atoms with Crippen molar-refractivity contribution in [3.63, 3.8) is 0 Å². The van der Waals surface area contributed by atoms with Crippen LogP contribution in [0.25, 0.3) is 0 Å². The van der Waals surface area contributed by atoms with E-state index in [1.807, 2.05) is 0 Å². The Balaban J connectivity index is 3.20. The first-order valence-corrected chi connectivity index (χ1v) is 8.30. The lowest BCUT2D eigenvalue weighted by Gasteiger charge is -1.96. The number of unbranched alkanes of at least 4 members (excludes halogenated alkanes) is 9. The van der Waals surface area contributed by atoms with Gasteiger partial charge in [0.1, 0.15) is 0 Å². The van der Waals surface area contributed by atoms with Gasteiger partial charge in [0.15, 0.2) is 0 Å². The van der Waals surface area contributed by atoms with E-state index in [1.165, 1.54) is 44.9 Å². The molecule has 0 amide bonds. The highest BCUT2D eigenvalue weighted by atomic mass is 16.4. The van der Waals surface area contributed by atoms with Crippen LogP contribution in [0.5, 0.6) is 0 Å². The third kappa shape index (κ3) is 16.9. The van der Waals surface area contributed by atoms with Gasteiger partial charge in [-0.2, -0.15) is 0 Å². The van der Waals surface area contributed by atoms with Crippen molar-refractivity contribution >= 4 is 5.97 Å². The number of hydrogen-bond acceptors (Lipinski definition) is 1. The molecule has 116 valence electrons. The second kappa shape index (κ2) is 16.0. The fourth-order valence-corrected chi connectivity index (χ4v) is 2.11. The van der Waals surface area contributed by atoms with Gasteiger partial charge in [-0.1, -0.05) is 69.8 Å². The van der Waals surface area contributed by atoms with Gasteiger partial charge < -0.3 is 5.11 Å². The molecule has 0 aliphatic rings. The summed E-state index contributed by atoms with van der Waals surface area (Å²) in [4.78, 5) is 10.3. The van der Waals surface area contributed by atoms with Gasteiger partial charge in [0.25, 0.3) is 0 Å². The Kier molecular flexibility index (Phi) is 15.2. The van der Waals surface area contributed by atoms with Crippen LogP contribution in [0.4, 0.5) is 0 Å². The summed E-state index contributed by atoms with van der Waals surface area (Å²) < 4.78 is 0. The van der Waals surface area contributed by atoms with Gasteiger partial charge in [-0.05, 0) is 32.1 Å². The summed E-state index contributed by atoms with van der Waals surface area (Å²) in [6, 6.07) is 0. The Morgan fingerprint density at radius 1 is 0.800 bits per heavy atom. The van der Waals surface area contributed by atoms with Crippen molar-refractivity contribution in [1.82, 2.24) is 0 Å². The summed E-state index contributed by atoms with van der Waals surface area (Å²) in [5.74, 6) is -0.676. The van der Waals surface area contributed by atoms with E-state index in [9.17, 15) is 4.79 Å². The van der Waals surface area contributed by atoms with E-state index < -0.39 is 5.97 Å². The highest BCUT2D eigenvalue weighted by Crippen LogP contribution is 2.07. The zero-order valence-electron chi connectivity index (χ0n) is 13.2. The topological polar surface area (TPSA) is 37.3 Å². The Hall–Kier alpha value is -1.05. The van der Waals surface area contributed by atoms with Gasteiger partial charge in [0.05, 0.1) is 0 Å². The standard InChI is InChI=1S/C18H32O2/c1-2-3-4-5-6-7-8-9-10-11-12-13-14-15-16-17-18(19)20/h8-11H,2-7,12-17H2,1H3,(H,19,20)/b9-8+,11-10+. The molecule has 1 N–H and O–H groups in total. The van der Waals surface area contributed by atoms with Crippen molar-refractivity contribution in [2.24, 2.45) is 0 Å². The first kappa shape index (κ1) is 18.9. The number of hydrogen-bond donors (Lipinski definition) is 1. The molecule has 0 bridgehead atoms. The van der Waals surface area contributed by atoms with Crippen molar-refractivity contribution < 1.29 is 9.90 Å². The monoisotopic (exact) mass is 280 g/mol. The summed E-state index contributed by atoms with van der Waals surface area (Å²) >= 11 is 0. The lowest BCUT2D eigenvalue weighted by Crippen LogP contribution is -1.93. The maximum atomic E-state index is 10.3. The first-order valence-electron chi connectivity index (χ1n) is 8.30. The van der Waals surface area contributed by atoms with Gasteiger partial charge in [-0.3, -0.25) is 4.79 Å². The molecule has 0 atom stereocenters. The Labute approximate surface area is 125 Å². The number of carboxylic acids is 1. The predicted octanol–water partition coefficient (Wildman–Crippen LogP) is 5.88. The van der Waals surface area contributed by atoms with Gasteiger partial charge in [-0.25, -0.2) is 0 Å². The quantitative estimate of drug-likeness (QED) is 0.318. The molecule has 0 aromatic heterocycles. The second-order valence-electron chi connectivity index (χ2n) is 5.41. The molecule has 0 aliphatic carbocycles. The number of carboxylic acid groups (broad SMARTS) is 1. The van der Waals surface area contributed by atoms with Crippen LogP contribution in [0.1, 0.15) is 84.0 Å². The van der Waals surface area contributed by atoms with E-state index >= 15 is 0 Å². The maximum absolute atomic E-state index is 10.3. The van der Waals surface area contributed by atoms with Crippen LogP contribution < -0.4 is 0 Å². The molecular weight excluding hydrogens is 248 g/mol. The number of rotatable bonds is 14. The molecule has 0 saturated carbocycles. The van der Waals surface area contributed by atoms with Crippen molar-refractivity contribution in [3.8, 4) is 0 Å². The summed E-state index contributed by atoms with van der Waals surface area (Å²) in [7, 11) is 0. The largest absolute Gasteiger partial charge is 0.481 e. The molecule has 2 nitrogen and oxygen atoms in total. The Bertz CT molecular complexity index is 267. The number of carbonyl (C=O) groups is 1. The molecule has 0 saturated heterocycles. The third-order valence-electron chi connectivity index (χ3n) is 3.37. The summed E-state index contributed by atoms with van der Waals surface area (Å²) in [6.45, 7) is 2.25. The van der Waals surface area contributed by atoms with Crippen molar-refractivity contribution in [3.05, 3.63) is 24.3 Å². The molecular formula is C18H32O2. The average molecular weight is 280 g/mol. The van der Waals surface area contributed by atoms with E-state index in [2.05, 4.69) is 31.2 Å². The molecule has 0 aliphatic heterocycles. The Morgan fingerprint density at radius 3 is 1.80 bits per heavy atom. The lowest BCUT2D eigenvalue weighted by molar-refractivity contribution is -0.137. The normalized spacial score (nSPS) is 11.7. The smallest absolute Gasteiger partial charge is 0.303 e. The van der Waals surface area contributed by atoms with Crippen molar-refractivity contribution in [2.45, 2.75) is 84.0 Å². The molecule has 20 heavy (non-hydrogen) atoms. The number of aliphatic carboxylic acids is 1. The van der Waals surface area contributed by atoms with E-state index in [4.69, 9.17) is 5.11 Å². The molecule has 0 rings (SSSR count). The minimum absolute atomic E-state index is 0.316. The Morgan fingerprint density at radius 2 is 1.30 bits per heavy atom. The van der Waals surface area contributed by atoms with Crippen molar-refractivity contribution in [2.75, 3.05) is 0 Å². The summed E-state index contributed by atoms with van der Waals surface area (Å²) in [5, 5.41) is 8.50. The highest BCUT2D eigenvalue weighted by Gasteiger charge is 1.95. The molecule has 0 unspecified atom stereocenters.